The lowest BCUT2D eigenvalue weighted by Gasteiger charge is -2.27. The molecule has 0 saturated heterocycles. The molecule has 9 nitrogen and oxygen atoms in total. The third-order valence-electron chi connectivity index (χ3n) is 7.42. The summed E-state index contributed by atoms with van der Waals surface area (Å²) in [4.78, 5) is 56.8. The Bertz CT molecular complexity index is 1250. The van der Waals surface area contributed by atoms with Crippen molar-refractivity contribution in [1.29, 1.82) is 0 Å². The van der Waals surface area contributed by atoms with Crippen LogP contribution in [0.15, 0.2) is 42.5 Å². The normalized spacial score (nSPS) is 19.1. The van der Waals surface area contributed by atoms with Gasteiger partial charge < -0.3 is 25.5 Å². The smallest absolute Gasteiger partial charge is 0.259 e. The van der Waals surface area contributed by atoms with Gasteiger partial charge >= 0.3 is 0 Å². The van der Waals surface area contributed by atoms with Crippen molar-refractivity contribution in [2.45, 2.75) is 57.2 Å². The van der Waals surface area contributed by atoms with E-state index in [0.29, 0.717) is 42.4 Å². The fourth-order valence-corrected chi connectivity index (χ4v) is 4.95. The Kier molecular flexibility index (Phi) is 7.84. The van der Waals surface area contributed by atoms with Gasteiger partial charge in [-0.25, -0.2) is 8.78 Å². The van der Waals surface area contributed by atoms with Crippen LogP contribution in [-0.2, 0) is 25.6 Å². The number of fused-ring (bicyclic) bond motifs is 1. The van der Waals surface area contributed by atoms with Gasteiger partial charge in [0.1, 0.15) is 17.7 Å². The third-order valence-corrected chi connectivity index (χ3v) is 7.42. The number of hydrogen-bond donors (Lipinski definition) is 3. The fourth-order valence-electron chi connectivity index (χ4n) is 4.95. The van der Waals surface area contributed by atoms with E-state index in [1.165, 1.54) is 6.92 Å². The first kappa shape index (κ1) is 27.7. The number of amides is 4. The minimum atomic E-state index is -1.56. The van der Waals surface area contributed by atoms with E-state index in [4.69, 9.17) is 0 Å². The molecule has 3 N–H and O–H groups in total. The van der Waals surface area contributed by atoms with Crippen LogP contribution in [0.5, 0.6) is 0 Å². The zero-order chi connectivity index (χ0) is 28.6. The number of benzene rings is 2. The first-order valence-electron chi connectivity index (χ1n) is 13.5. The molecule has 0 aromatic heterocycles. The summed E-state index contributed by atoms with van der Waals surface area (Å²) in [6.07, 6.45) is 2.02. The van der Waals surface area contributed by atoms with Crippen LogP contribution in [0.25, 0.3) is 0 Å². The maximum absolute atomic E-state index is 13.8. The standard InChI is InChI=1S/C29H32F2N4O5/c1-16(36)25(32-24(37)12-19-10-20(30)13-21(31)11-19)27(38)33-26-28(39)34(14-17-6-7-17)22-4-2-3-5-23(22)35(29(26)40)15-18-8-9-18/h2-5,10-11,13,16-18,25-26,36H,6-9,12,14-15H2,1H3,(H,32,37)(H,33,38)/t16-,25+/m1/s1. The van der Waals surface area contributed by atoms with Crippen LogP contribution >= 0.6 is 0 Å². The van der Waals surface area contributed by atoms with Crippen molar-refractivity contribution < 1.29 is 33.1 Å². The van der Waals surface area contributed by atoms with Gasteiger partial charge in [0.05, 0.1) is 23.9 Å². The Morgan fingerprint density at radius 2 is 1.43 bits per heavy atom. The van der Waals surface area contributed by atoms with Gasteiger partial charge in [-0.3, -0.25) is 19.2 Å². The van der Waals surface area contributed by atoms with Crippen molar-refractivity contribution in [3.8, 4) is 0 Å². The van der Waals surface area contributed by atoms with Crippen molar-refractivity contribution in [1.82, 2.24) is 10.6 Å². The topological polar surface area (TPSA) is 119 Å². The highest BCUT2D eigenvalue weighted by Crippen LogP contribution is 2.40. The minimum absolute atomic E-state index is 0.0399. The second kappa shape index (κ2) is 11.3. The summed E-state index contributed by atoms with van der Waals surface area (Å²) >= 11 is 0. The van der Waals surface area contributed by atoms with Crippen LogP contribution in [-0.4, -0.2) is 60.0 Å². The van der Waals surface area contributed by atoms with E-state index in [-0.39, 0.29) is 5.56 Å². The molecule has 2 saturated carbocycles. The summed E-state index contributed by atoms with van der Waals surface area (Å²) < 4.78 is 27.1. The highest BCUT2D eigenvalue weighted by molar-refractivity contribution is 6.21. The molecule has 40 heavy (non-hydrogen) atoms. The molecule has 2 atom stereocenters. The molecule has 212 valence electrons. The first-order chi connectivity index (χ1) is 19.1. The first-order valence-corrected chi connectivity index (χ1v) is 13.5. The number of aliphatic hydroxyl groups excluding tert-OH is 1. The molecule has 0 bridgehead atoms. The van der Waals surface area contributed by atoms with Crippen molar-refractivity contribution in [3.05, 3.63) is 59.7 Å². The molecule has 2 aliphatic carbocycles. The van der Waals surface area contributed by atoms with Crippen molar-refractivity contribution in [2.75, 3.05) is 22.9 Å². The minimum Gasteiger partial charge on any atom is -0.391 e. The summed E-state index contributed by atoms with van der Waals surface area (Å²) in [7, 11) is 0. The van der Waals surface area contributed by atoms with Crippen molar-refractivity contribution >= 4 is 35.0 Å². The highest BCUT2D eigenvalue weighted by atomic mass is 19.1. The number of nitrogens with zero attached hydrogens (tertiary/aromatic N) is 2. The molecule has 11 heteroatoms. The summed E-state index contributed by atoms with van der Waals surface area (Å²) in [6.45, 7) is 2.10. The number of carbonyl (C=O) groups is 4. The zero-order valence-corrected chi connectivity index (χ0v) is 22.1. The summed E-state index contributed by atoms with van der Waals surface area (Å²) in [5.41, 5.74) is 1.25. The van der Waals surface area contributed by atoms with E-state index in [1.807, 2.05) is 0 Å². The quantitative estimate of drug-likeness (QED) is 0.389. The van der Waals surface area contributed by atoms with Crippen LogP contribution in [0, 0.1) is 23.5 Å². The molecule has 2 aromatic rings. The van der Waals surface area contributed by atoms with Crippen LogP contribution in [0.4, 0.5) is 20.2 Å². The number of anilines is 2. The molecule has 5 rings (SSSR count). The number of carbonyl (C=O) groups excluding carboxylic acids is 4. The van der Waals surface area contributed by atoms with E-state index >= 15 is 0 Å². The molecular weight excluding hydrogens is 522 g/mol. The predicted octanol–water partition coefficient (Wildman–Crippen LogP) is 2.06. The second-order valence-corrected chi connectivity index (χ2v) is 11.0. The average molecular weight is 555 g/mol. The lowest BCUT2D eigenvalue weighted by atomic mass is 10.1. The number of nitrogens with one attached hydrogen (secondary N) is 2. The van der Waals surface area contributed by atoms with Crippen LogP contribution < -0.4 is 20.4 Å². The number of halogens is 2. The van der Waals surface area contributed by atoms with Crippen LogP contribution in [0.1, 0.15) is 38.2 Å². The SMILES string of the molecule is C[C@@H](O)[C@H](NC(=O)Cc1cc(F)cc(F)c1)C(=O)NC1C(=O)N(CC2CC2)c2ccccc2N(CC2CC2)C1=O. The molecule has 0 unspecified atom stereocenters. The molecule has 2 aromatic carbocycles. The molecule has 2 fully saturated rings. The summed E-state index contributed by atoms with van der Waals surface area (Å²) in [5.74, 6) is -3.97. The maximum atomic E-state index is 13.8. The Labute approximate surface area is 230 Å². The van der Waals surface area contributed by atoms with E-state index < -0.39 is 59.9 Å². The van der Waals surface area contributed by atoms with Crippen molar-refractivity contribution in [2.24, 2.45) is 11.8 Å². The summed E-state index contributed by atoms with van der Waals surface area (Å²) in [5, 5.41) is 15.2. The Morgan fingerprint density at radius 3 is 1.88 bits per heavy atom. The van der Waals surface area contributed by atoms with Gasteiger partial charge in [0.15, 0.2) is 6.04 Å². The summed E-state index contributed by atoms with van der Waals surface area (Å²) in [6, 6.07) is 6.75. The van der Waals surface area contributed by atoms with Gasteiger partial charge in [-0.05, 0) is 74.3 Å². The lowest BCUT2D eigenvalue weighted by Crippen LogP contribution is -2.61. The molecule has 0 radical (unpaired) electrons. The zero-order valence-electron chi connectivity index (χ0n) is 22.1. The van der Waals surface area contributed by atoms with Crippen LogP contribution in [0.3, 0.4) is 0 Å². The fraction of sp³-hybridized carbons (Fsp3) is 0.448. The van der Waals surface area contributed by atoms with Crippen LogP contribution in [0.2, 0.25) is 0 Å². The van der Waals surface area contributed by atoms with E-state index in [1.54, 1.807) is 34.1 Å². The Hall–Kier alpha value is -3.86. The molecule has 4 amide bonds. The molecule has 1 heterocycles. The van der Waals surface area contributed by atoms with E-state index in [9.17, 15) is 33.1 Å². The maximum Gasteiger partial charge on any atom is 0.259 e. The molecule has 3 aliphatic rings. The van der Waals surface area contributed by atoms with E-state index in [2.05, 4.69) is 10.6 Å². The second-order valence-electron chi connectivity index (χ2n) is 11.0. The number of rotatable bonds is 10. The third kappa shape index (κ3) is 6.30. The van der Waals surface area contributed by atoms with Gasteiger partial charge in [0, 0.05) is 19.2 Å². The monoisotopic (exact) mass is 554 g/mol. The Balaban J connectivity index is 1.37. The van der Waals surface area contributed by atoms with Gasteiger partial charge in [0.25, 0.3) is 11.8 Å². The molecule has 1 aliphatic heterocycles. The highest BCUT2D eigenvalue weighted by Gasteiger charge is 2.44. The predicted molar refractivity (Wildman–Crippen MR) is 142 cm³/mol. The number of aliphatic hydroxyl groups is 1. The van der Waals surface area contributed by atoms with E-state index in [0.717, 1.165) is 37.8 Å². The number of hydrogen-bond acceptors (Lipinski definition) is 5. The average Bonchev–Trinajstić information content (AvgIpc) is 3.82. The van der Waals surface area contributed by atoms with Gasteiger partial charge in [0.2, 0.25) is 11.8 Å². The van der Waals surface area contributed by atoms with Crippen molar-refractivity contribution in [3.63, 3.8) is 0 Å². The Morgan fingerprint density at radius 1 is 0.925 bits per heavy atom. The lowest BCUT2D eigenvalue weighted by molar-refractivity contribution is -0.137. The van der Waals surface area contributed by atoms with Gasteiger partial charge in [-0.2, -0.15) is 0 Å². The van der Waals surface area contributed by atoms with Gasteiger partial charge in [-0.1, -0.05) is 12.1 Å². The number of para-hydroxylation sites is 2. The van der Waals surface area contributed by atoms with Gasteiger partial charge in [-0.15, -0.1) is 0 Å². The largest absolute Gasteiger partial charge is 0.391 e. The molecule has 0 spiro atoms. The molecular formula is C29H32F2N4O5.